The maximum Gasteiger partial charge on any atom is 0.372 e. The molecule has 9 heteroatoms. The Balaban J connectivity index is 0.000000438. The first-order valence-corrected chi connectivity index (χ1v) is 6.34. The summed E-state index contributed by atoms with van der Waals surface area (Å²) >= 11 is 0. The van der Waals surface area contributed by atoms with Crippen molar-refractivity contribution in [3.8, 4) is 0 Å². The molecule has 0 aliphatic carbocycles. The van der Waals surface area contributed by atoms with E-state index in [1.54, 1.807) is 6.07 Å². The zero-order valence-corrected chi connectivity index (χ0v) is 11.9. The molecule has 1 rings (SSSR count). The van der Waals surface area contributed by atoms with Crippen LogP contribution in [0.4, 0.5) is 4.39 Å². The molecule has 0 saturated heterocycles. The molecule has 0 aromatic heterocycles. The van der Waals surface area contributed by atoms with Crippen molar-refractivity contribution in [2.75, 3.05) is 0 Å². The summed E-state index contributed by atoms with van der Waals surface area (Å²) < 4.78 is 13.0. The molecule has 1 aromatic carbocycles. The molecule has 0 amide bonds. The van der Waals surface area contributed by atoms with Crippen LogP contribution in [0.2, 0.25) is 0 Å². The number of carboxylic acid groups (broad SMARTS) is 3. The Morgan fingerprint density at radius 1 is 1.00 bits per heavy atom. The minimum atomic E-state index is -1.58. The van der Waals surface area contributed by atoms with Gasteiger partial charge in [0, 0.05) is 18.0 Å². The van der Waals surface area contributed by atoms with Crippen molar-refractivity contribution in [1.29, 1.82) is 0 Å². The van der Waals surface area contributed by atoms with Crippen molar-refractivity contribution in [3.05, 3.63) is 35.6 Å². The van der Waals surface area contributed by atoms with Crippen LogP contribution < -0.4 is 5.73 Å². The first kappa shape index (κ1) is 20.2. The number of carbonyl (C=O) groups excluding carboxylic acids is 1. The van der Waals surface area contributed by atoms with E-state index in [-0.39, 0.29) is 12.0 Å². The van der Waals surface area contributed by atoms with Crippen LogP contribution in [-0.4, -0.2) is 39.0 Å². The lowest BCUT2D eigenvalue weighted by Gasteiger charge is -2.09. The van der Waals surface area contributed by atoms with Gasteiger partial charge in [-0.15, -0.1) is 0 Å². The fourth-order valence-electron chi connectivity index (χ4n) is 1.40. The van der Waals surface area contributed by atoms with E-state index in [0.717, 1.165) is 0 Å². The lowest BCUT2D eigenvalue weighted by Crippen LogP contribution is -2.16. The number of nitrogens with two attached hydrogens (primary N) is 1. The lowest BCUT2D eigenvalue weighted by atomic mass is 10.0. The fraction of sp³-hybridized carbons (Fsp3) is 0.286. The van der Waals surface area contributed by atoms with Gasteiger partial charge in [0.2, 0.25) is 5.78 Å². The van der Waals surface area contributed by atoms with E-state index in [4.69, 9.17) is 21.1 Å². The van der Waals surface area contributed by atoms with Gasteiger partial charge in [-0.1, -0.05) is 18.2 Å². The van der Waals surface area contributed by atoms with E-state index >= 15 is 0 Å². The summed E-state index contributed by atoms with van der Waals surface area (Å²) in [6.07, 6.45) is -1.13. The number of Topliss-reactive ketones (excluding diaryl/α,β-unsaturated/α-hetero) is 1. The van der Waals surface area contributed by atoms with Gasteiger partial charge in [0.15, 0.2) is 0 Å². The van der Waals surface area contributed by atoms with E-state index in [1.807, 2.05) is 0 Å². The molecule has 0 aliphatic heterocycles. The van der Waals surface area contributed by atoms with Crippen LogP contribution in [0.15, 0.2) is 24.3 Å². The normalized spacial score (nSPS) is 10.9. The summed E-state index contributed by atoms with van der Waals surface area (Å²) in [6.45, 7) is 0. The van der Waals surface area contributed by atoms with Crippen LogP contribution in [0.3, 0.4) is 0 Å². The minimum absolute atomic E-state index is 0.241. The SMILES string of the molecule is N[C@H](CC(=O)O)c1ccccc1F.O=C(O)CCC(=O)C(=O)O. The van der Waals surface area contributed by atoms with Crippen molar-refractivity contribution < 1.29 is 38.9 Å². The third-order valence-corrected chi connectivity index (χ3v) is 2.50. The van der Waals surface area contributed by atoms with Gasteiger partial charge in [-0.2, -0.15) is 0 Å². The monoisotopic (exact) mass is 329 g/mol. The zero-order chi connectivity index (χ0) is 18.0. The summed E-state index contributed by atoms with van der Waals surface area (Å²) in [5.74, 6) is -5.31. The average Bonchev–Trinajstić information content (AvgIpc) is 2.44. The molecule has 0 saturated carbocycles. The summed E-state index contributed by atoms with van der Waals surface area (Å²) in [5, 5.41) is 24.4. The molecule has 0 heterocycles. The van der Waals surface area contributed by atoms with Gasteiger partial charge >= 0.3 is 17.9 Å². The molecule has 126 valence electrons. The lowest BCUT2D eigenvalue weighted by molar-refractivity contribution is -0.149. The van der Waals surface area contributed by atoms with Crippen LogP contribution in [0, 0.1) is 5.82 Å². The number of aliphatic carboxylic acids is 3. The van der Waals surface area contributed by atoms with Gasteiger partial charge in [-0.05, 0) is 6.07 Å². The molecule has 0 unspecified atom stereocenters. The third-order valence-electron chi connectivity index (χ3n) is 2.50. The van der Waals surface area contributed by atoms with Gasteiger partial charge in [-0.3, -0.25) is 14.4 Å². The van der Waals surface area contributed by atoms with Crippen molar-refractivity contribution in [1.82, 2.24) is 0 Å². The Kier molecular flexibility index (Phi) is 8.78. The van der Waals surface area contributed by atoms with Crippen molar-refractivity contribution in [2.45, 2.75) is 25.3 Å². The van der Waals surface area contributed by atoms with E-state index in [0.29, 0.717) is 0 Å². The molecule has 8 nitrogen and oxygen atoms in total. The van der Waals surface area contributed by atoms with Crippen LogP contribution in [0.1, 0.15) is 30.9 Å². The number of hydrogen-bond donors (Lipinski definition) is 4. The van der Waals surface area contributed by atoms with Crippen molar-refractivity contribution in [2.24, 2.45) is 5.73 Å². The Morgan fingerprint density at radius 2 is 1.57 bits per heavy atom. The molecule has 0 radical (unpaired) electrons. The highest BCUT2D eigenvalue weighted by Crippen LogP contribution is 2.16. The molecule has 0 bridgehead atoms. The topological polar surface area (TPSA) is 155 Å². The molecule has 0 aliphatic rings. The summed E-state index contributed by atoms with van der Waals surface area (Å²) in [7, 11) is 0. The largest absolute Gasteiger partial charge is 0.481 e. The quantitative estimate of drug-likeness (QED) is 0.535. The molecule has 0 fully saturated rings. The second kappa shape index (κ2) is 10.0. The Morgan fingerprint density at radius 3 is 2.00 bits per heavy atom. The van der Waals surface area contributed by atoms with Gasteiger partial charge in [-0.25, -0.2) is 9.18 Å². The number of hydrogen-bond acceptors (Lipinski definition) is 5. The molecular formula is C14H16FNO7. The van der Waals surface area contributed by atoms with E-state index in [9.17, 15) is 23.6 Å². The minimum Gasteiger partial charge on any atom is -0.481 e. The summed E-state index contributed by atoms with van der Waals surface area (Å²) in [4.78, 5) is 40.0. The van der Waals surface area contributed by atoms with E-state index in [1.165, 1.54) is 18.2 Å². The Labute approximate surface area is 130 Å². The molecule has 23 heavy (non-hydrogen) atoms. The van der Waals surface area contributed by atoms with Crippen LogP contribution in [0.25, 0.3) is 0 Å². The fourth-order valence-corrected chi connectivity index (χ4v) is 1.40. The zero-order valence-electron chi connectivity index (χ0n) is 11.9. The van der Waals surface area contributed by atoms with Crippen LogP contribution in [-0.2, 0) is 19.2 Å². The average molecular weight is 329 g/mol. The van der Waals surface area contributed by atoms with Crippen LogP contribution >= 0.6 is 0 Å². The second-order valence-corrected chi connectivity index (χ2v) is 4.35. The number of rotatable bonds is 7. The summed E-state index contributed by atoms with van der Waals surface area (Å²) in [6, 6.07) is 5.13. The highest BCUT2D eigenvalue weighted by atomic mass is 19.1. The number of carbonyl (C=O) groups is 4. The Hall–Kier alpha value is -2.81. The van der Waals surface area contributed by atoms with Crippen LogP contribution in [0.5, 0.6) is 0 Å². The van der Waals surface area contributed by atoms with Gasteiger partial charge in [0.1, 0.15) is 5.82 Å². The smallest absolute Gasteiger partial charge is 0.372 e. The molecule has 0 spiro atoms. The highest BCUT2D eigenvalue weighted by Gasteiger charge is 2.13. The van der Waals surface area contributed by atoms with Crippen molar-refractivity contribution in [3.63, 3.8) is 0 Å². The highest BCUT2D eigenvalue weighted by molar-refractivity contribution is 6.32. The standard InChI is InChI=1S/C9H10FNO2.C5H6O5/c10-7-4-2-1-3-6(7)8(11)5-9(12)13;6-3(5(9)10)1-2-4(7)8/h1-4,8H,5,11H2,(H,12,13);1-2H2,(H,7,8)(H,9,10)/t8-;/m1./s1. The summed E-state index contributed by atoms with van der Waals surface area (Å²) in [5.41, 5.74) is 5.72. The van der Waals surface area contributed by atoms with Gasteiger partial charge in [0.05, 0.1) is 12.8 Å². The second-order valence-electron chi connectivity index (χ2n) is 4.35. The Bertz CT molecular complexity index is 588. The predicted molar refractivity (Wildman–Crippen MR) is 75.1 cm³/mol. The molecular weight excluding hydrogens is 313 g/mol. The maximum atomic E-state index is 13.0. The number of carboxylic acids is 3. The maximum absolute atomic E-state index is 13.0. The molecule has 1 aromatic rings. The van der Waals surface area contributed by atoms with E-state index < -0.39 is 48.4 Å². The van der Waals surface area contributed by atoms with Gasteiger partial charge in [0.25, 0.3) is 0 Å². The molecule has 1 atom stereocenters. The van der Waals surface area contributed by atoms with Gasteiger partial charge < -0.3 is 21.1 Å². The van der Waals surface area contributed by atoms with E-state index in [2.05, 4.69) is 0 Å². The number of benzene rings is 1. The van der Waals surface area contributed by atoms with Crippen molar-refractivity contribution >= 4 is 23.7 Å². The predicted octanol–water partition coefficient (Wildman–Crippen LogP) is 0.805. The number of ketones is 1. The first-order chi connectivity index (χ1) is 10.6. The molecule has 5 N–H and O–H groups in total. The third kappa shape index (κ3) is 8.94. The first-order valence-electron chi connectivity index (χ1n) is 6.34. The number of halogens is 1.